The van der Waals surface area contributed by atoms with Crippen molar-refractivity contribution in [3.05, 3.63) is 0 Å². The van der Waals surface area contributed by atoms with E-state index < -0.39 is 16.6 Å². The minimum absolute atomic E-state index is 0.341. The maximum atomic E-state index is 12.0. The van der Waals surface area contributed by atoms with E-state index in [1.165, 1.54) is 0 Å². The Morgan fingerprint density at radius 3 is 1.33 bits per heavy atom. The summed E-state index contributed by atoms with van der Waals surface area (Å²) in [5.74, 6) is 0. The predicted molar refractivity (Wildman–Crippen MR) is 48.0 cm³/mol. The van der Waals surface area contributed by atoms with Gasteiger partial charge in [-0.15, -0.1) is 0 Å². The van der Waals surface area contributed by atoms with Crippen molar-refractivity contribution >= 4 is 10.1 Å². The molecule has 10 saturated heterocycles. The van der Waals surface area contributed by atoms with Gasteiger partial charge in [-0.1, -0.05) is 0 Å². The molecule has 10 rings (SSSR count). The normalized spacial score (nSPS) is 135. The average molecular weight is 266 g/mol. The van der Waals surface area contributed by atoms with Crippen LogP contribution in [0.2, 0.25) is 43.3 Å². The van der Waals surface area contributed by atoms with Crippen molar-refractivity contribution < 1.29 is 19.5 Å². The molecule has 0 bridgehead atoms. The molecule has 0 amide bonds. The Balaban J connectivity index is 1.93. The van der Waals surface area contributed by atoms with E-state index in [1.807, 2.05) is 0 Å². The molecule has 10 heterocycles. The topological polar surface area (TPSA) is 54.4 Å². The van der Waals surface area contributed by atoms with E-state index in [-0.39, 0.29) is 3.65 Å². The molecule has 1 spiro atoms. The fourth-order valence-electron chi connectivity index (χ4n) is 16.7. The van der Waals surface area contributed by atoms with E-state index in [2.05, 4.69) is 0 Å². The molecule has 4 atom stereocenters. The summed E-state index contributed by atoms with van der Waals surface area (Å²) < 4.78 is 33.5. The van der Waals surface area contributed by atoms with Crippen molar-refractivity contribution in [2.24, 2.45) is 0 Å². The molecule has 0 aromatic rings. The Kier molecular flexibility index (Phi) is 0.131. The summed E-state index contributed by atoms with van der Waals surface area (Å²) in [5, 5.41) is 0. The van der Waals surface area contributed by atoms with E-state index in [4.69, 9.17) is 0 Å². The monoisotopic (exact) mass is 266 g/mol. The van der Waals surface area contributed by atoms with Crippen LogP contribution in [-0.2, 0) is 16.6 Å². The summed E-state index contributed by atoms with van der Waals surface area (Å²) in [6.07, 6.45) is 0. The minimum atomic E-state index is -3.69. The zero-order chi connectivity index (χ0) is 9.51. The van der Waals surface area contributed by atoms with Gasteiger partial charge in [0.2, 0.25) is 0 Å². The third-order valence-electron chi connectivity index (χ3n) is 14.9. The van der Waals surface area contributed by atoms with Gasteiger partial charge in [-0.3, -0.25) is 0 Å². The molecule has 15 heavy (non-hydrogen) atoms. The summed E-state index contributed by atoms with van der Waals surface area (Å²) in [6.45, 7) is -3.52. The van der Waals surface area contributed by atoms with Crippen LogP contribution in [0.1, 0.15) is 0 Å². The first kappa shape index (κ1) is 5.38. The van der Waals surface area contributed by atoms with Crippen molar-refractivity contribution in [1.29, 1.82) is 0 Å². The van der Waals surface area contributed by atoms with Crippen LogP contribution >= 0.6 is 0 Å². The quantitative estimate of drug-likeness (QED) is 0.584. The number of rotatable bonds is 1. The first-order chi connectivity index (χ1) is 6.80. The molecule has 4 unspecified atom stereocenters. The van der Waals surface area contributed by atoms with Crippen LogP contribution < -0.4 is 0 Å². The van der Waals surface area contributed by atoms with Gasteiger partial charge in [0.15, 0.2) is 0 Å². The van der Waals surface area contributed by atoms with Gasteiger partial charge in [0.25, 0.3) is 0 Å². The van der Waals surface area contributed by atoms with Gasteiger partial charge in [0, 0.05) is 0 Å². The Hall–Kier alpha value is 0.429. The summed E-state index contributed by atoms with van der Waals surface area (Å²) in [5.41, 5.74) is 0. The van der Waals surface area contributed by atoms with Gasteiger partial charge in [-0.05, 0) is 0 Å². The molecule has 3 nitrogen and oxygen atoms in total. The molecule has 10 fully saturated rings. The van der Waals surface area contributed by atoms with E-state index >= 15 is 0 Å². The first-order valence-electron chi connectivity index (χ1n) is 5.98. The standard InChI is InChI=1S/C5H5O3S.C5H5.Fe/c6-9(7,8)5-3-1-2-4-5;1-2-4-5-3-1;/h1-4H,(H,6,7,8);1-5H;. The van der Waals surface area contributed by atoms with Crippen LogP contribution in [0.4, 0.5) is 0 Å². The average Bonchev–Trinajstić information content (AvgIpc) is 3.12. The maximum absolute atomic E-state index is 12.0. The number of hydrogen-bond donors (Lipinski definition) is 1. The first-order valence-corrected chi connectivity index (χ1v) is 13.7. The summed E-state index contributed by atoms with van der Waals surface area (Å²) in [7, 11) is -3.69. The van der Waals surface area contributed by atoms with Crippen molar-refractivity contribution in [2.45, 2.75) is 47.0 Å². The molecule has 0 radical (unpaired) electrons. The zero-order valence-corrected chi connectivity index (χ0v) is 9.64. The second kappa shape index (κ2) is 0.365. The summed E-state index contributed by atoms with van der Waals surface area (Å²) in [6, 6.07) is 0. The van der Waals surface area contributed by atoms with Gasteiger partial charge in [-0.2, -0.15) is 0 Å². The Bertz CT molecular complexity index is 975. The summed E-state index contributed by atoms with van der Waals surface area (Å²) in [4.78, 5) is 8.23. The van der Waals surface area contributed by atoms with Crippen molar-refractivity contribution in [3.8, 4) is 0 Å². The van der Waals surface area contributed by atoms with Crippen LogP contribution in [0.25, 0.3) is 0 Å². The molecule has 0 aliphatic carbocycles. The van der Waals surface area contributed by atoms with E-state index in [0.717, 1.165) is 33.7 Å². The van der Waals surface area contributed by atoms with E-state index in [1.54, 1.807) is 0 Å². The molecule has 5 heteroatoms. The Morgan fingerprint density at radius 1 is 0.867 bits per heavy atom. The fourth-order valence-corrected chi connectivity index (χ4v) is 102. The van der Waals surface area contributed by atoms with Crippen LogP contribution in [0.5, 0.6) is 0 Å². The fraction of sp³-hybridized carbons (Fsp3) is 1.00. The van der Waals surface area contributed by atoms with Crippen LogP contribution in [0, 0.1) is 0 Å². The molecule has 10 aliphatic rings. The second-order valence-electron chi connectivity index (χ2n) is 10.1. The Morgan fingerprint density at radius 2 is 1.27 bits per heavy atom. The molecule has 0 saturated carbocycles. The molecular formula is C10H10FeO3S. The van der Waals surface area contributed by atoms with E-state index in [0.29, 0.717) is 9.63 Å². The van der Waals surface area contributed by atoms with E-state index in [9.17, 15) is 13.0 Å². The molecular weight excluding hydrogens is 256 g/mol. The second-order valence-corrected chi connectivity index (χ2v) is 35.6. The molecule has 0 aromatic carbocycles. The molecule has 82 valence electrons. The van der Waals surface area contributed by atoms with Gasteiger partial charge in [0.1, 0.15) is 0 Å². The zero-order valence-electron chi connectivity index (χ0n) is 7.72. The van der Waals surface area contributed by atoms with Gasteiger partial charge < -0.3 is 0 Å². The summed E-state index contributed by atoms with van der Waals surface area (Å²) >= 11 is 0. The van der Waals surface area contributed by atoms with Crippen molar-refractivity contribution in [2.75, 3.05) is 0 Å². The third kappa shape index (κ3) is 0.0451. The van der Waals surface area contributed by atoms with Crippen LogP contribution in [0.15, 0.2) is 0 Å². The third-order valence-corrected chi connectivity index (χ3v) is 62.3. The number of fused-ring (bicyclic) bond motifs is 10. The van der Waals surface area contributed by atoms with Gasteiger partial charge in [0.05, 0.1) is 0 Å². The molecule has 1 N–H and O–H groups in total. The van der Waals surface area contributed by atoms with Crippen molar-refractivity contribution in [3.63, 3.8) is 0 Å². The predicted octanol–water partition coefficient (Wildman–Crippen LogP) is 2.17. The van der Waals surface area contributed by atoms with Crippen LogP contribution in [0.3, 0.4) is 0 Å². The number of hydrogen-bond acceptors (Lipinski definition) is 2. The van der Waals surface area contributed by atoms with Gasteiger partial charge in [-0.25, -0.2) is 0 Å². The van der Waals surface area contributed by atoms with Crippen LogP contribution in [-0.4, -0.2) is 16.6 Å². The molecule has 10 aliphatic heterocycles. The Labute approximate surface area is 76.6 Å². The van der Waals surface area contributed by atoms with Crippen molar-refractivity contribution in [1.82, 2.24) is 0 Å². The van der Waals surface area contributed by atoms with Gasteiger partial charge >= 0.3 is 76.6 Å². The molecule has 0 aromatic heterocycles. The SMILES string of the molecule is O=S(=O)(O)[C]12[CH]3[CH]4[CH]5[CH]1[Fe]45321678[CH]2[CH]1[CH]6[CH]7[CH]28.